The molecule has 3 amide bonds. The Hall–Kier alpha value is -4.69. The fourth-order valence-electron chi connectivity index (χ4n) is 3.11. The van der Waals surface area contributed by atoms with Crippen LogP contribution in [0.3, 0.4) is 0 Å². The van der Waals surface area contributed by atoms with Crippen molar-refractivity contribution >= 4 is 29.6 Å². The number of nitrogens with one attached hydrogen (secondary N) is 4. The summed E-state index contributed by atoms with van der Waals surface area (Å²) in [5.41, 5.74) is 5.90. The number of guanidine groups is 1. The molecule has 2 aromatic rings. The summed E-state index contributed by atoms with van der Waals surface area (Å²) >= 11 is 0. The Morgan fingerprint density at radius 3 is 2.26 bits per heavy atom. The average molecular weight is 537 g/mol. The first-order valence-corrected chi connectivity index (χ1v) is 11.2. The smallest absolute Gasteiger partial charge is 0.480 e. The Morgan fingerprint density at radius 1 is 1.03 bits per heavy atom. The van der Waals surface area contributed by atoms with Crippen LogP contribution >= 0.6 is 0 Å². The van der Waals surface area contributed by atoms with Crippen LogP contribution in [0, 0.1) is 5.41 Å². The summed E-state index contributed by atoms with van der Waals surface area (Å²) in [7, 11) is 0. The maximum Gasteiger partial charge on any atom is 0.573 e. The number of carboxylic acids is 1. The van der Waals surface area contributed by atoms with E-state index in [1.54, 1.807) is 30.3 Å². The average Bonchev–Trinajstić information content (AvgIpc) is 2.84. The fraction of sp³-hybridized carbons (Fsp3) is 0.304. The molecule has 0 radical (unpaired) electrons. The minimum absolute atomic E-state index is 0.00957. The largest absolute Gasteiger partial charge is 0.573 e. The number of nitrogens with two attached hydrogens (primary N) is 1. The van der Waals surface area contributed by atoms with Gasteiger partial charge in [0, 0.05) is 13.0 Å². The summed E-state index contributed by atoms with van der Waals surface area (Å²) in [6.45, 7) is 0.225. The third kappa shape index (κ3) is 11.4. The van der Waals surface area contributed by atoms with Gasteiger partial charge in [-0.05, 0) is 42.7 Å². The monoisotopic (exact) mass is 537 g/mol. The van der Waals surface area contributed by atoms with Gasteiger partial charge in [-0.1, -0.05) is 35.4 Å². The van der Waals surface area contributed by atoms with Crippen LogP contribution in [0.1, 0.15) is 18.4 Å². The number of hydrogen-bond acceptors (Lipinski definition) is 6. The van der Waals surface area contributed by atoms with Gasteiger partial charge in [-0.3, -0.25) is 10.2 Å². The van der Waals surface area contributed by atoms with Crippen LogP contribution in [-0.4, -0.2) is 54.0 Å². The molecule has 0 heterocycles. The third-order valence-electron chi connectivity index (χ3n) is 4.82. The molecule has 0 fully saturated rings. The first kappa shape index (κ1) is 29.5. The Morgan fingerprint density at radius 2 is 1.68 bits per heavy atom. The summed E-state index contributed by atoms with van der Waals surface area (Å²) in [5, 5.41) is 30.9. The van der Waals surface area contributed by atoms with Crippen molar-refractivity contribution in [3.8, 4) is 5.75 Å². The molecule has 15 heteroatoms. The van der Waals surface area contributed by atoms with E-state index in [4.69, 9.17) is 11.1 Å². The van der Waals surface area contributed by atoms with Gasteiger partial charge in [-0.25, -0.2) is 9.59 Å². The molecule has 0 aliphatic heterocycles. The van der Waals surface area contributed by atoms with Crippen molar-refractivity contribution < 1.29 is 37.4 Å². The lowest BCUT2D eigenvalue weighted by Crippen LogP contribution is -2.52. The second-order valence-corrected chi connectivity index (χ2v) is 7.82. The highest BCUT2D eigenvalue weighted by molar-refractivity contribution is 5.90. The van der Waals surface area contributed by atoms with Gasteiger partial charge in [0.2, 0.25) is 5.91 Å². The second kappa shape index (κ2) is 14.2. The number of halogens is 3. The third-order valence-corrected chi connectivity index (χ3v) is 4.82. The molecule has 0 saturated heterocycles. The molecular weight excluding hydrogens is 511 g/mol. The number of hydrogen-bond donors (Lipinski definition) is 6. The summed E-state index contributed by atoms with van der Waals surface area (Å²) in [5.74, 6) is -2.82. The number of carboxylic acid groups (broad SMARTS) is 1. The summed E-state index contributed by atoms with van der Waals surface area (Å²) < 4.78 is 40.6. The van der Waals surface area contributed by atoms with Crippen LogP contribution in [0.4, 0.5) is 23.7 Å². The van der Waals surface area contributed by atoms with Gasteiger partial charge in [-0.15, -0.1) is 18.3 Å². The molecule has 2 rings (SSSR count). The Kier molecular flexibility index (Phi) is 11.0. The predicted molar refractivity (Wildman–Crippen MR) is 129 cm³/mol. The van der Waals surface area contributed by atoms with E-state index < -0.39 is 42.1 Å². The molecule has 7 N–H and O–H groups in total. The van der Waals surface area contributed by atoms with Crippen LogP contribution < -0.4 is 26.4 Å². The molecule has 2 atom stereocenters. The number of carbonyl (C=O) groups excluding carboxylic acids is 2. The zero-order valence-electron chi connectivity index (χ0n) is 19.9. The number of carbonyl (C=O) groups is 3. The van der Waals surface area contributed by atoms with Crippen LogP contribution in [0.15, 0.2) is 64.8 Å². The van der Waals surface area contributed by atoms with Gasteiger partial charge in [0.1, 0.15) is 17.8 Å². The van der Waals surface area contributed by atoms with E-state index in [0.717, 1.165) is 24.3 Å². The first-order chi connectivity index (χ1) is 17.9. The molecule has 204 valence electrons. The van der Waals surface area contributed by atoms with Crippen molar-refractivity contribution in [1.29, 1.82) is 5.41 Å². The first-order valence-electron chi connectivity index (χ1n) is 11.2. The standard InChI is InChI=1S/C23H26F3N7O5/c24-23(25,26)38-16-10-8-15(9-11-16)32-33-22(37)31-18(13-14-5-2-1-3-6-14)19(34)30-17(20(35)36)7-4-12-29-21(27)28/h1-3,5-6,8-11,17-18H,4,7,12-13H2,(H,30,34)(H,31,37)(H,35,36)(H4,27,28,29)/b33-32+. The van der Waals surface area contributed by atoms with Crippen molar-refractivity contribution in [3.63, 3.8) is 0 Å². The zero-order chi connectivity index (χ0) is 28.1. The molecule has 0 spiro atoms. The molecule has 0 bridgehead atoms. The normalized spacial score (nSPS) is 12.8. The molecule has 2 unspecified atom stereocenters. The number of alkyl halides is 3. The number of aliphatic carboxylic acids is 1. The highest BCUT2D eigenvalue weighted by Gasteiger charge is 2.31. The minimum atomic E-state index is -4.86. The fourth-order valence-corrected chi connectivity index (χ4v) is 3.11. The second-order valence-electron chi connectivity index (χ2n) is 7.82. The molecule has 0 saturated carbocycles. The van der Waals surface area contributed by atoms with Gasteiger partial charge < -0.3 is 31.5 Å². The number of urea groups is 1. The Labute approximate surface area is 215 Å². The van der Waals surface area contributed by atoms with E-state index in [9.17, 15) is 32.7 Å². The lowest BCUT2D eigenvalue weighted by Gasteiger charge is -2.21. The van der Waals surface area contributed by atoms with Crippen molar-refractivity contribution in [1.82, 2.24) is 16.0 Å². The molecular formula is C23H26F3N7O5. The van der Waals surface area contributed by atoms with E-state index in [1.165, 1.54) is 0 Å². The molecule has 38 heavy (non-hydrogen) atoms. The number of benzene rings is 2. The van der Waals surface area contributed by atoms with Crippen LogP contribution in [0.2, 0.25) is 0 Å². The van der Waals surface area contributed by atoms with Crippen LogP contribution in [0.5, 0.6) is 5.75 Å². The van der Waals surface area contributed by atoms with Gasteiger partial charge >= 0.3 is 18.4 Å². The molecule has 0 aliphatic rings. The molecule has 0 aliphatic carbocycles. The van der Waals surface area contributed by atoms with E-state index in [1.807, 2.05) is 0 Å². The van der Waals surface area contributed by atoms with Crippen molar-refractivity contribution in [3.05, 3.63) is 60.2 Å². The summed E-state index contributed by atoms with van der Waals surface area (Å²) in [6, 6.07) is 9.36. The van der Waals surface area contributed by atoms with Crippen molar-refractivity contribution in [2.45, 2.75) is 37.7 Å². The van der Waals surface area contributed by atoms with Gasteiger partial charge in [0.15, 0.2) is 5.96 Å². The SMILES string of the molecule is N=C(N)NCCCC(NC(=O)C(Cc1ccccc1)NC(=O)/N=N/c1ccc(OC(F)(F)F)cc1)C(=O)O. The topological polar surface area (TPSA) is 191 Å². The maximum atomic E-state index is 12.9. The Bertz CT molecular complexity index is 1130. The number of amides is 3. The van der Waals surface area contributed by atoms with Gasteiger partial charge in [0.25, 0.3) is 0 Å². The number of ether oxygens (including phenoxy) is 1. The lowest BCUT2D eigenvalue weighted by molar-refractivity contribution is -0.274. The maximum absolute atomic E-state index is 12.9. The zero-order valence-corrected chi connectivity index (χ0v) is 19.9. The molecule has 12 nitrogen and oxygen atoms in total. The van der Waals surface area contributed by atoms with Gasteiger partial charge in [-0.2, -0.15) is 0 Å². The van der Waals surface area contributed by atoms with Crippen molar-refractivity contribution in [2.75, 3.05) is 6.54 Å². The molecule has 0 aromatic heterocycles. The van der Waals surface area contributed by atoms with E-state index in [2.05, 4.69) is 30.9 Å². The van der Waals surface area contributed by atoms with Crippen LogP contribution in [-0.2, 0) is 16.0 Å². The highest BCUT2D eigenvalue weighted by atomic mass is 19.4. The quantitative estimate of drug-likeness (QED) is 0.104. The van der Waals surface area contributed by atoms with Crippen LogP contribution in [0.25, 0.3) is 0 Å². The van der Waals surface area contributed by atoms with E-state index in [-0.39, 0.29) is 37.5 Å². The number of nitrogens with zero attached hydrogens (tertiary/aromatic N) is 2. The summed E-state index contributed by atoms with van der Waals surface area (Å²) in [4.78, 5) is 36.9. The lowest BCUT2D eigenvalue weighted by atomic mass is 10.0. The molecule has 2 aromatic carbocycles. The van der Waals surface area contributed by atoms with Crippen molar-refractivity contribution in [2.24, 2.45) is 16.0 Å². The Balaban J connectivity index is 2.07. The van der Waals surface area contributed by atoms with E-state index in [0.29, 0.717) is 5.56 Å². The summed E-state index contributed by atoms with van der Waals surface area (Å²) in [6.07, 6.45) is -4.54. The minimum Gasteiger partial charge on any atom is -0.480 e. The number of azo groups is 1. The highest BCUT2D eigenvalue weighted by Crippen LogP contribution is 2.25. The number of rotatable bonds is 12. The van der Waals surface area contributed by atoms with Gasteiger partial charge in [0.05, 0.1) is 5.69 Å². The predicted octanol–water partition coefficient (Wildman–Crippen LogP) is 2.82. The van der Waals surface area contributed by atoms with E-state index >= 15 is 0 Å².